The second-order valence-corrected chi connectivity index (χ2v) is 8.75. The van der Waals surface area contributed by atoms with E-state index in [4.69, 9.17) is 16.3 Å². The van der Waals surface area contributed by atoms with E-state index in [9.17, 15) is 9.59 Å². The van der Waals surface area contributed by atoms with Crippen LogP contribution in [-0.2, 0) is 4.79 Å². The number of nitrogens with zero attached hydrogens (tertiary/aromatic N) is 1. The number of halogens is 1. The lowest BCUT2D eigenvalue weighted by molar-refractivity contribution is -0.128. The van der Waals surface area contributed by atoms with E-state index in [1.54, 1.807) is 56.3 Å². The fourth-order valence-electron chi connectivity index (χ4n) is 3.72. The summed E-state index contributed by atoms with van der Waals surface area (Å²) in [5, 5.41) is 6.60. The Morgan fingerprint density at radius 3 is 2.55 bits per heavy atom. The molecule has 0 radical (unpaired) electrons. The largest absolute Gasteiger partial charge is 0.478 e. The van der Waals surface area contributed by atoms with E-state index in [1.165, 1.54) is 0 Å². The van der Waals surface area contributed by atoms with Crippen molar-refractivity contribution in [2.45, 2.75) is 52.3 Å². The average Bonchev–Trinajstić information content (AvgIpc) is 3.16. The van der Waals surface area contributed by atoms with Crippen molar-refractivity contribution in [1.82, 2.24) is 10.2 Å². The summed E-state index contributed by atoms with van der Waals surface area (Å²) in [4.78, 5) is 27.8. The van der Waals surface area contributed by atoms with Crippen molar-refractivity contribution in [2.24, 2.45) is 0 Å². The molecule has 1 atom stereocenters. The Labute approximate surface area is 188 Å². The quantitative estimate of drug-likeness (QED) is 0.655. The van der Waals surface area contributed by atoms with E-state index >= 15 is 0 Å². The Balaban J connectivity index is 1.64. The van der Waals surface area contributed by atoms with Crippen LogP contribution in [0, 0.1) is 6.92 Å². The van der Waals surface area contributed by atoms with Crippen molar-refractivity contribution in [3.63, 3.8) is 0 Å². The number of rotatable bonds is 7. The normalized spacial score (nSPS) is 16.7. The molecule has 3 rings (SSSR count). The van der Waals surface area contributed by atoms with Crippen LogP contribution in [0.2, 0.25) is 5.02 Å². The highest BCUT2D eigenvalue weighted by molar-refractivity contribution is 6.30. The summed E-state index contributed by atoms with van der Waals surface area (Å²) in [5.41, 5.74) is 0.928. The van der Waals surface area contributed by atoms with Crippen molar-refractivity contribution in [3.05, 3.63) is 58.6 Å². The van der Waals surface area contributed by atoms with Gasteiger partial charge in [0.15, 0.2) is 5.60 Å². The Hall–Kier alpha value is -2.57. The molecule has 31 heavy (non-hydrogen) atoms. The number of benzene rings is 2. The smallest absolute Gasteiger partial charge is 0.267 e. The second kappa shape index (κ2) is 9.71. The number of amides is 2. The fraction of sp³-hybridized carbons (Fsp3) is 0.417. The van der Waals surface area contributed by atoms with Crippen molar-refractivity contribution in [1.29, 1.82) is 0 Å². The summed E-state index contributed by atoms with van der Waals surface area (Å²) < 4.78 is 5.84. The Morgan fingerprint density at radius 2 is 1.90 bits per heavy atom. The molecule has 1 fully saturated rings. The van der Waals surface area contributed by atoms with Crippen molar-refractivity contribution >= 4 is 29.1 Å². The van der Waals surface area contributed by atoms with Gasteiger partial charge in [-0.1, -0.05) is 18.5 Å². The summed E-state index contributed by atoms with van der Waals surface area (Å²) in [6.07, 6.45) is 2.15. The zero-order chi connectivity index (χ0) is 22.6. The first kappa shape index (κ1) is 23.1. The molecule has 0 aliphatic carbocycles. The number of carbonyl (C=O) groups excluding carboxylic acids is 2. The van der Waals surface area contributed by atoms with Crippen LogP contribution in [0.25, 0.3) is 0 Å². The zero-order valence-corrected chi connectivity index (χ0v) is 19.3. The molecule has 1 heterocycles. The van der Waals surface area contributed by atoms with Crippen molar-refractivity contribution < 1.29 is 14.3 Å². The minimum Gasteiger partial charge on any atom is -0.478 e. The molecule has 2 aromatic carbocycles. The molecular formula is C24H30ClN3O3. The predicted octanol–water partition coefficient (Wildman–Crippen LogP) is 4.62. The third kappa shape index (κ3) is 5.77. The summed E-state index contributed by atoms with van der Waals surface area (Å²) in [6.45, 7) is 9.30. The zero-order valence-electron chi connectivity index (χ0n) is 18.5. The van der Waals surface area contributed by atoms with Crippen LogP contribution in [0.15, 0.2) is 42.5 Å². The number of nitrogens with one attached hydrogen (secondary N) is 2. The highest BCUT2D eigenvalue weighted by Crippen LogP contribution is 2.23. The topological polar surface area (TPSA) is 70.7 Å². The molecule has 7 heteroatoms. The molecule has 0 bridgehead atoms. The van der Waals surface area contributed by atoms with Crippen LogP contribution in [-0.4, -0.2) is 41.6 Å². The van der Waals surface area contributed by atoms with Crippen LogP contribution in [0.5, 0.6) is 5.75 Å². The van der Waals surface area contributed by atoms with Gasteiger partial charge in [-0.15, -0.1) is 0 Å². The lowest BCUT2D eigenvalue weighted by Gasteiger charge is -2.26. The highest BCUT2D eigenvalue weighted by atomic mass is 35.5. The van der Waals surface area contributed by atoms with Gasteiger partial charge in [0.05, 0.1) is 6.17 Å². The van der Waals surface area contributed by atoms with E-state index in [2.05, 4.69) is 22.5 Å². The number of hydrogen-bond donors (Lipinski definition) is 2. The predicted molar refractivity (Wildman–Crippen MR) is 124 cm³/mol. The van der Waals surface area contributed by atoms with Gasteiger partial charge in [-0.25, -0.2) is 0 Å². The molecule has 2 amide bonds. The molecule has 2 aromatic rings. The molecule has 6 nitrogen and oxygen atoms in total. The van der Waals surface area contributed by atoms with Crippen molar-refractivity contribution in [3.8, 4) is 5.75 Å². The first-order chi connectivity index (χ1) is 14.7. The van der Waals surface area contributed by atoms with Gasteiger partial charge in [0.1, 0.15) is 5.75 Å². The van der Waals surface area contributed by atoms with Crippen LogP contribution >= 0.6 is 11.6 Å². The molecule has 1 unspecified atom stereocenters. The molecule has 1 aliphatic heterocycles. The number of hydrogen-bond acceptors (Lipinski definition) is 4. The molecule has 0 aromatic heterocycles. The SMILES string of the molecule is CCN1CCCC1NC(=O)c1ccc(NC(=O)C(C)(C)Oc2ccc(Cl)cc2)cc1C. The second-order valence-electron chi connectivity index (χ2n) is 8.31. The number of ether oxygens (including phenoxy) is 1. The first-order valence-electron chi connectivity index (χ1n) is 10.6. The minimum atomic E-state index is -1.09. The average molecular weight is 444 g/mol. The Kier molecular flexibility index (Phi) is 7.23. The maximum atomic E-state index is 12.8. The molecule has 0 saturated carbocycles. The van der Waals surface area contributed by atoms with E-state index in [0.717, 1.165) is 31.5 Å². The third-order valence-electron chi connectivity index (χ3n) is 5.53. The van der Waals surface area contributed by atoms with E-state index < -0.39 is 5.60 Å². The molecule has 2 N–H and O–H groups in total. The lowest BCUT2D eigenvalue weighted by atomic mass is 10.1. The van der Waals surface area contributed by atoms with Gasteiger partial charge in [0.2, 0.25) is 0 Å². The fourth-order valence-corrected chi connectivity index (χ4v) is 3.84. The number of aryl methyl sites for hydroxylation is 1. The maximum Gasteiger partial charge on any atom is 0.267 e. The van der Waals surface area contributed by atoms with Crippen LogP contribution in [0.3, 0.4) is 0 Å². The summed E-state index contributed by atoms with van der Waals surface area (Å²) >= 11 is 5.90. The minimum absolute atomic E-state index is 0.0853. The van der Waals surface area contributed by atoms with E-state index in [0.29, 0.717) is 22.0 Å². The van der Waals surface area contributed by atoms with E-state index in [-0.39, 0.29) is 18.0 Å². The molecule has 0 spiro atoms. The number of anilines is 1. The summed E-state index contributed by atoms with van der Waals surface area (Å²) in [6, 6.07) is 12.2. The molecular weight excluding hydrogens is 414 g/mol. The Bertz CT molecular complexity index is 944. The van der Waals surface area contributed by atoms with Gasteiger partial charge >= 0.3 is 0 Å². The third-order valence-corrected chi connectivity index (χ3v) is 5.78. The van der Waals surface area contributed by atoms with Gasteiger partial charge < -0.3 is 15.4 Å². The maximum absolute atomic E-state index is 12.8. The molecule has 1 saturated heterocycles. The monoisotopic (exact) mass is 443 g/mol. The standard InChI is InChI=1S/C24H30ClN3O3/c1-5-28-14-6-7-21(28)27-22(29)20-13-10-18(15-16(20)2)26-23(30)24(3,4)31-19-11-8-17(25)9-12-19/h8-13,15,21H,5-7,14H2,1-4H3,(H,26,30)(H,27,29). The van der Waals surface area contributed by atoms with Gasteiger partial charge in [0.25, 0.3) is 11.8 Å². The number of likely N-dealkylation sites (tertiary alicyclic amines) is 1. The van der Waals surface area contributed by atoms with Gasteiger partial charge in [-0.3, -0.25) is 14.5 Å². The van der Waals surface area contributed by atoms with Gasteiger partial charge in [-0.2, -0.15) is 0 Å². The molecule has 166 valence electrons. The molecule has 1 aliphatic rings. The van der Waals surface area contributed by atoms with Gasteiger partial charge in [-0.05, 0) is 88.2 Å². The van der Waals surface area contributed by atoms with Gasteiger partial charge in [0, 0.05) is 22.8 Å². The van der Waals surface area contributed by atoms with E-state index in [1.807, 2.05) is 6.92 Å². The van der Waals surface area contributed by atoms with Crippen molar-refractivity contribution in [2.75, 3.05) is 18.4 Å². The summed E-state index contributed by atoms with van der Waals surface area (Å²) in [5.74, 6) is 0.177. The number of carbonyl (C=O) groups is 2. The van der Waals surface area contributed by atoms with Crippen LogP contribution in [0.4, 0.5) is 5.69 Å². The van der Waals surface area contributed by atoms with Crippen LogP contribution < -0.4 is 15.4 Å². The van der Waals surface area contributed by atoms with Crippen LogP contribution in [0.1, 0.15) is 49.5 Å². The summed E-state index contributed by atoms with van der Waals surface area (Å²) in [7, 11) is 0. The first-order valence-corrected chi connectivity index (χ1v) is 11.0. The lowest BCUT2D eigenvalue weighted by Crippen LogP contribution is -2.44. The Morgan fingerprint density at radius 1 is 1.19 bits per heavy atom. The highest BCUT2D eigenvalue weighted by Gasteiger charge is 2.30.